The van der Waals surface area contributed by atoms with Gasteiger partial charge in [-0.15, -0.1) is 11.8 Å². The summed E-state index contributed by atoms with van der Waals surface area (Å²) < 4.78 is 5.23. The quantitative estimate of drug-likeness (QED) is 0.655. The van der Waals surface area contributed by atoms with E-state index < -0.39 is 0 Å². The molecule has 0 aromatic carbocycles. The molecule has 1 aliphatic heterocycles. The summed E-state index contributed by atoms with van der Waals surface area (Å²) in [6, 6.07) is 0. The van der Waals surface area contributed by atoms with Crippen LogP contribution in [0.5, 0.6) is 0 Å². The largest absolute Gasteiger partial charge is 0.444 e. The molecule has 0 bridgehead atoms. The third-order valence-electron chi connectivity index (χ3n) is 1.79. The van der Waals surface area contributed by atoms with Crippen molar-refractivity contribution in [1.82, 2.24) is 4.90 Å². The zero-order chi connectivity index (χ0) is 10.1. The Morgan fingerprint density at radius 2 is 2.08 bits per heavy atom. The normalized spacial score (nSPS) is 22.0. The number of amides is 1. The molecule has 0 aliphatic carbocycles. The third kappa shape index (κ3) is 3.10. The first-order chi connectivity index (χ1) is 5.90. The molecule has 1 saturated heterocycles. The predicted molar refractivity (Wildman–Crippen MR) is 54.9 cm³/mol. The van der Waals surface area contributed by atoms with E-state index in [1.54, 1.807) is 23.7 Å². The Morgan fingerprint density at radius 1 is 1.54 bits per heavy atom. The lowest BCUT2D eigenvalue weighted by atomic mass is 10.2. The Kier molecular flexibility index (Phi) is 3.11. The van der Waals surface area contributed by atoms with Crippen molar-refractivity contribution in [2.45, 2.75) is 38.2 Å². The SMILES string of the molecule is CN(C(=O)OC(C)(C)C)C1CCS1. The van der Waals surface area contributed by atoms with Gasteiger partial charge in [-0.25, -0.2) is 4.79 Å². The highest BCUT2D eigenvalue weighted by Gasteiger charge is 2.29. The molecular weight excluding hydrogens is 186 g/mol. The van der Waals surface area contributed by atoms with Crippen molar-refractivity contribution in [3.63, 3.8) is 0 Å². The highest BCUT2D eigenvalue weighted by atomic mass is 32.2. The van der Waals surface area contributed by atoms with Crippen LogP contribution >= 0.6 is 11.8 Å². The van der Waals surface area contributed by atoms with Gasteiger partial charge < -0.3 is 4.74 Å². The maximum Gasteiger partial charge on any atom is 0.410 e. The molecule has 1 atom stereocenters. The topological polar surface area (TPSA) is 29.5 Å². The first-order valence-electron chi connectivity index (χ1n) is 4.47. The number of hydrogen-bond donors (Lipinski definition) is 0. The van der Waals surface area contributed by atoms with Gasteiger partial charge in [0.1, 0.15) is 5.60 Å². The number of hydrogen-bond acceptors (Lipinski definition) is 3. The zero-order valence-corrected chi connectivity index (χ0v) is 9.48. The molecule has 4 heteroatoms. The van der Waals surface area contributed by atoms with Crippen molar-refractivity contribution in [3.8, 4) is 0 Å². The predicted octanol–water partition coefficient (Wildman–Crippen LogP) is 2.32. The first-order valence-corrected chi connectivity index (χ1v) is 5.52. The van der Waals surface area contributed by atoms with Crippen LogP contribution in [0.3, 0.4) is 0 Å². The van der Waals surface area contributed by atoms with E-state index in [4.69, 9.17) is 4.74 Å². The molecule has 3 nitrogen and oxygen atoms in total. The minimum absolute atomic E-state index is 0.218. The zero-order valence-electron chi connectivity index (χ0n) is 8.66. The lowest BCUT2D eigenvalue weighted by Crippen LogP contribution is -2.42. The maximum atomic E-state index is 11.5. The van der Waals surface area contributed by atoms with Gasteiger partial charge >= 0.3 is 6.09 Å². The number of thioether (sulfide) groups is 1. The highest BCUT2D eigenvalue weighted by Crippen LogP contribution is 2.30. The Bertz CT molecular complexity index is 196. The van der Waals surface area contributed by atoms with E-state index in [1.165, 1.54) is 0 Å². The van der Waals surface area contributed by atoms with E-state index in [2.05, 4.69) is 0 Å². The van der Waals surface area contributed by atoms with Crippen molar-refractivity contribution in [2.75, 3.05) is 12.8 Å². The van der Waals surface area contributed by atoms with Crippen LogP contribution in [0.25, 0.3) is 0 Å². The molecule has 1 fully saturated rings. The molecule has 0 saturated carbocycles. The van der Waals surface area contributed by atoms with Crippen LogP contribution in [-0.4, -0.2) is 34.8 Å². The van der Waals surface area contributed by atoms with E-state index >= 15 is 0 Å². The van der Waals surface area contributed by atoms with Gasteiger partial charge in [0.15, 0.2) is 0 Å². The third-order valence-corrected chi connectivity index (χ3v) is 3.20. The number of rotatable bonds is 1. The smallest absolute Gasteiger partial charge is 0.410 e. The number of ether oxygens (including phenoxy) is 1. The molecule has 0 aromatic heterocycles. The molecule has 1 aliphatic rings. The van der Waals surface area contributed by atoms with Gasteiger partial charge in [0, 0.05) is 7.05 Å². The van der Waals surface area contributed by atoms with Crippen LogP contribution < -0.4 is 0 Å². The number of carbonyl (C=O) groups excluding carboxylic acids is 1. The average Bonchev–Trinajstić information content (AvgIpc) is 1.78. The molecule has 1 heterocycles. The van der Waals surface area contributed by atoms with E-state index in [-0.39, 0.29) is 11.7 Å². The van der Waals surface area contributed by atoms with Gasteiger partial charge in [-0.3, -0.25) is 4.90 Å². The molecule has 0 N–H and O–H groups in total. The molecule has 1 unspecified atom stereocenters. The van der Waals surface area contributed by atoms with Gasteiger partial charge in [-0.1, -0.05) is 0 Å². The molecule has 0 spiro atoms. The molecule has 0 aromatic rings. The second kappa shape index (κ2) is 3.78. The van der Waals surface area contributed by atoms with Crippen molar-refractivity contribution < 1.29 is 9.53 Å². The molecule has 0 radical (unpaired) electrons. The van der Waals surface area contributed by atoms with Gasteiger partial charge in [-0.05, 0) is 32.9 Å². The Hall–Kier alpha value is -0.380. The van der Waals surface area contributed by atoms with Crippen molar-refractivity contribution in [1.29, 1.82) is 0 Å². The van der Waals surface area contributed by atoms with Crippen LogP contribution in [0.2, 0.25) is 0 Å². The second-order valence-corrected chi connectivity index (χ2v) is 5.49. The van der Waals surface area contributed by atoms with Crippen molar-refractivity contribution in [2.24, 2.45) is 0 Å². The summed E-state index contributed by atoms with van der Waals surface area (Å²) in [5.74, 6) is 1.15. The Morgan fingerprint density at radius 3 is 2.38 bits per heavy atom. The second-order valence-electron chi connectivity index (χ2n) is 4.21. The van der Waals surface area contributed by atoms with Crippen LogP contribution in [0.1, 0.15) is 27.2 Å². The average molecular weight is 203 g/mol. The van der Waals surface area contributed by atoms with Gasteiger partial charge in [0.05, 0.1) is 5.37 Å². The summed E-state index contributed by atoms with van der Waals surface area (Å²) in [7, 11) is 1.80. The van der Waals surface area contributed by atoms with Crippen molar-refractivity contribution >= 4 is 17.9 Å². The summed E-state index contributed by atoms with van der Waals surface area (Å²) in [6.45, 7) is 5.64. The lowest BCUT2D eigenvalue weighted by molar-refractivity contribution is 0.0272. The fraction of sp³-hybridized carbons (Fsp3) is 0.889. The van der Waals surface area contributed by atoms with Crippen molar-refractivity contribution in [3.05, 3.63) is 0 Å². The fourth-order valence-corrected chi connectivity index (χ4v) is 1.74. The Labute approximate surface area is 83.8 Å². The molecule has 1 rings (SSSR count). The van der Waals surface area contributed by atoms with E-state index in [0.717, 1.165) is 12.2 Å². The lowest BCUT2D eigenvalue weighted by Gasteiger charge is -2.35. The number of carbonyl (C=O) groups is 1. The molecule has 13 heavy (non-hydrogen) atoms. The Balaban J connectivity index is 2.38. The van der Waals surface area contributed by atoms with E-state index in [0.29, 0.717) is 5.37 Å². The fourth-order valence-electron chi connectivity index (χ4n) is 0.980. The van der Waals surface area contributed by atoms with E-state index in [1.807, 2.05) is 20.8 Å². The molecule has 76 valence electrons. The summed E-state index contributed by atoms with van der Waals surface area (Å²) in [6.07, 6.45) is 0.866. The van der Waals surface area contributed by atoms with Crippen LogP contribution in [0, 0.1) is 0 Å². The summed E-state index contributed by atoms with van der Waals surface area (Å²) in [5.41, 5.74) is -0.389. The van der Waals surface area contributed by atoms with Gasteiger partial charge in [-0.2, -0.15) is 0 Å². The minimum Gasteiger partial charge on any atom is -0.444 e. The van der Waals surface area contributed by atoms with Crippen LogP contribution in [0.4, 0.5) is 4.79 Å². The molecule has 1 amide bonds. The molecular formula is C9H17NO2S. The van der Waals surface area contributed by atoms with Gasteiger partial charge in [0.2, 0.25) is 0 Å². The monoisotopic (exact) mass is 203 g/mol. The van der Waals surface area contributed by atoms with Crippen LogP contribution in [-0.2, 0) is 4.74 Å². The standard InChI is InChI=1S/C9H17NO2S/c1-9(2,3)12-8(11)10(4)7-5-6-13-7/h7H,5-6H2,1-4H3. The summed E-state index contributed by atoms with van der Waals surface area (Å²) >= 11 is 1.79. The summed E-state index contributed by atoms with van der Waals surface area (Å²) in [5, 5.41) is 0.329. The van der Waals surface area contributed by atoms with E-state index in [9.17, 15) is 4.79 Å². The summed E-state index contributed by atoms with van der Waals surface area (Å²) in [4.78, 5) is 13.2. The first kappa shape index (κ1) is 10.7. The highest BCUT2D eigenvalue weighted by molar-refractivity contribution is 8.01. The maximum absolute atomic E-state index is 11.5. The van der Waals surface area contributed by atoms with Crippen LogP contribution in [0.15, 0.2) is 0 Å². The van der Waals surface area contributed by atoms with Gasteiger partial charge in [0.25, 0.3) is 0 Å². The number of nitrogens with zero attached hydrogens (tertiary/aromatic N) is 1. The minimum atomic E-state index is -0.389.